The summed E-state index contributed by atoms with van der Waals surface area (Å²) in [6, 6.07) is 8.86. The summed E-state index contributed by atoms with van der Waals surface area (Å²) in [5.74, 6) is -0.0890. The average Bonchev–Trinajstić information content (AvgIpc) is 2.45. The lowest BCUT2D eigenvalue weighted by Gasteiger charge is -2.12. The number of rotatable bonds is 4. The fourth-order valence-corrected chi connectivity index (χ4v) is 1.82. The molecule has 0 heterocycles. The minimum atomic E-state index is -4.34. The average molecular weight is 299 g/mol. The van der Waals surface area contributed by atoms with Crippen LogP contribution in [0, 0.1) is 5.82 Å². The number of ether oxygens (including phenoxy) is 1. The highest BCUT2D eigenvalue weighted by atomic mass is 19.4. The standard InChI is InChI=1S/C15H13F4NO/c1-21-14-8-12(16)6-7-13(14)20-9-10-2-4-11(5-3-10)15(17,18)19/h2-8,20H,9H2,1H3. The molecular weight excluding hydrogens is 286 g/mol. The molecule has 0 radical (unpaired) electrons. The Labute approximate surface area is 119 Å². The van der Waals surface area contributed by atoms with E-state index in [4.69, 9.17) is 4.74 Å². The molecule has 1 N–H and O–H groups in total. The zero-order chi connectivity index (χ0) is 15.5. The van der Waals surface area contributed by atoms with Gasteiger partial charge in [-0.25, -0.2) is 4.39 Å². The zero-order valence-corrected chi connectivity index (χ0v) is 11.2. The molecule has 0 saturated heterocycles. The molecule has 0 bridgehead atoms. The molecule has 0 saturated carbocycles. The fourth-order valence-electron chi connectivity index (χ4n) is 1.82. The molecule has 2 aromatic carbocycles. The van der Waals surface area contributed by atoms with Crippen LogP contribution in [-0.2, 0) is 12.7 Å². The number of benzene rings is 2. The Balaban J connectivity index is 2.07. The number of methoxy groups -OCH3 is 1. The van der Waals surface area contributed by atoms with Crippen LogP contribution in [0.4, 0.5) is 23.2 Å². The molecule has 0 amide bonds. The van der Waals surface area contributed by atoms with Crippen molar-refractivity contribution < 1.29 is 22.3 Å². The predicted molar refractivity (Wildman–Crippen MR) is 71.7 cm³/mol. The number of nitrogens with one attached hydrogen (secondary N) is 1. The summed E-state index contributed by atoms with van der Waals surface area (Å²) in [7, 11) is 1.41. The molecule has 0 atom stereocenters. The Morgan fingerprint density at radius 3 is 2.29 bits per heavy atom. The Bertz CT molecular complexity index is 608. The first-order valence-electron chi connectivity index (χ1n) is 6.13. The van der Waals surface area contributed by atoms with Crippen LogP contribution in [0.3, 0.4) is 0 Å². The number of hydrogen-bond acceptors (Lipinski definition) is 2. The Morgan fingerprint density at radius 1 is 1.05 bits per heavy atom. The third-order valence-corrected chi connectivity index (χ3v) is 2.93. The molecule has 0 aromatic heterocycles. The van der Waals surface area contributed by atoms with Crippen molar-refractivity contribution in [3.8, 4) is 5.75 Å². The van der Waals surface area contributed by atoms with Crippen molar-refractivity contribution in [2.45, 2.75) is 12.7 Å². The normalized spacial score (nSPS) is 11.3. The maximum absolute atomic E-state index is 13.0. The second kappa shape index (κ2) is 6.03. The molecule has 0 aliphatic heterocycles. The summed E-state index contributed by atoms with van der Waals surface area (Å²) < 4.78 is 55.4. The summed E-state index contributed by atoms with van der Waals surface area (Å²) in [6.07, 6.45) is -4.34. The smallest absolute Gasteiger partial charge is 0.416 e. The van der Waals surface area contributed by atoms with E-state index in [1.165, 1.54) is 37.4 Å². The summed E-state index contributed by atoms with van der Waals surface area (Å²) in [5, 5.41) is 2.99. The van der Waals surface area contributed by atoms with Crippen molar-refractivity contribution in [3.63, 3.8) is 0 Å². The minimum absolute atomic E-state index is 0.306. The van der Waals surface area contributed by atoms with Crippen molar-refractivity contribution in [1.82, 2.24) is 0 Å². The van der Waals surface area contributed by atoms with Crippen LogP contribution in [0.2, 0.25) is 0 Å². The number of anilines is 1. The summed E-state index contributed by atoms with van der Waals surface area (Å²) in [4.78, 5) is 0. The van der Waals surface area contributed by atoms with Gasteiger partial charge in [0, 0.05) is 12.6 Å². The van der Waals surface area contributed by atoms with Crippen LogP contribution in [0.5, 0.6) is 5.75 Å². The van der Waals surface area contributed by atoms with Crippen LogP contribution in [0.1, 0.15) is 11.1 Å². The monoisotopic (exact) mass is 299 g/mol. The van der Waals surface area contributed by atoms with Gasteiger partial charge in [-0.3, -0.25) is 0 Å². The van der Waals surface area contributed by atoms with E-state index in [0.717, 1.165) is 12.1 Å². The van der Waals surface area contributed by atoms with E-state index in [0.29, 0.717) is 23.5 Å². The summed E-state index contributed by atoms with van der Waals surface area (Å²) >= 11 is 0. The van der Waals surface area contributed by atoms with Crippen molar-refractivity contribution >= 4 is 5.69 Å². The first-order valence-corrected chi connectivity index (χ1v) is 6.13. The number of hydrogen-bond donors (Lipinski definition) is 1. The maximum Gasteiger partial charge on any atom is 0.416 e. The highest BCUT2D eigenvalue weighted by Crippen LogP contribution is 2.29. The van der Waals surface area contributed by atoms with Crippen LogP contribution in [0.15, 0.2) is 42.5 Å². The Hall–Kier alpha value is -2.24. The Kier molecular flexibility index (Phi) is 4.35. The van der Waals surface area contributed by atoms with E-state index in [1.807, 2.05) is 0 Å². The molecule has 0 aliphatic rings. The van der Waals surface area contributed by atoms with E-state index in [1.54, 1.807) is 0 Å². The van der Waals surface area contributed by atoms with E-state index >= 15 is 0 Å². The van der Waals surface area contributed by atoms with Crippen molar-refractivity contribution in [1.29, 1.82) is 0 Å². The second-order valence-corrected chi connectivity index (χ2v) is 4.39. The summed E-state index contributed by atoms with van der Waals surface area (Å²) in [6.45, 7) is 0.306. The lowest BCUT2D eigenvalue weighted by molar-refractivity contribution is -0.137. The number of alkyl halides is 3. The van der Waals surface area contributed by atoms with E-state index in [2.05, 4.69) is 5.32 Å². The molecule has 0 unspecified atom stereocenters. The third-order valence-electron chi connectivity index (χ3n) is 2.93. The molecule has 6 heteroatoms. The van der Waals surface area contributed by atoms with Crippen LogP contribution >= 0.6 is 0 Å². The molecule has 112 valence electrons. The number of halogens is 4. The highest BCUT2D eigenvalue weighted by Gasteiger charge is 2.29. The molecule has 2 nitrogen and oxygen atoms in total. The highest BCUT2D eigenvalue weighted by molar-refractivity contribution is 5.56. The first kappa shape index (κ1) is 15.2. The van der Waals surface area contributed by atoms with Crippen molar-refractivity contribution in [3.05, 3.63) is 59.4 Å². The molecule has 2 rings (SSSR count). The van der Waals surface area contributed by atoms with E-state index in [-0.39, 0.29) is 0 Å². The van der Waals surface area contributed by atoms with Gasteiger partial charge in [-0.2, -0.15) is 13.2 Å². The molecule has 21 heavy (non-hydrogen) atoms. The molecular formula is C15H13F4NO. The van der Waals surface area contributed by atoms with Crippen molar-refractivity contribution in [2.24, 2.45) is 0 Å². The molecule has 0 spiro atoms. The van der Waals surface area contributed by atoms with E-state index < -0.39 is 17.6 Å². The fraction of sp³-hybridized carbons (Fsp3) is 0.200. The van der Waals surface area contributed by atoms with Gasteiger partial charge in [0.2, 0.25) is 0 Å². The molecule has 2 aromatic rings. The van der Waals surface area contributed by atoms with Gasteiger partial charge in [-0.15, -0.1) is 0 Å². The third kappa shape index (κ3) is 3.87. The van der Waals surface area contributed by atoms with Gasteiger partial charge in [0.1, 0.15) is 11.6 Å². The minimum Gasteiger partial charge on any atom is -0.494 e. The van der Waals surface area contributed by atoms with Gasteiger partial charge < -0.3 is 10.1 Å². The molecule has 0 fully saturated rings. The quantitative estimate of drug-likeness (QED) is 0.841. The topological polar surface area (TPSA) is 21.3 Å². The second-order valence-electron chi connectivity index (χ2n) is 4.39. The van der Waals surface area contributed by atoms with Gasteiger partial charge in [0.05, 0.1) is 18.4 Å². The first-order chi connectivity index (χ1) is 9.90. The van der Waals surface area contributed by atoms with Crippen LogP contribution < -0.4 is 10.1 Å². The predicted octanol–water partition coefficient (Wildman–Crippen LogP) is 4.47. The van der Waals surface area contributed by atoms with Crippen LogP contribution in [-0.4, -0.2) is 7.11 Å². The molecule has 0 aliphatic carbocycles. The lowest BCUT2D eigenvalue weighted by Crippen LogP contribution is -2.06. The maximum atomic E-state index is 13.0. The van der Waals surface area contributed by atoms with Gasteiger partial charge in [0.25, 0.3) is 0 Å². The van der Waals surface area contributed by atoms with Gasteiger partial charge in [0.15, 0.2) is 0 Å². The van der Waals surface area contributed by atoms with E-state index in [9.17, 15) is 17.6 Å². The summed E-state index contributed by atoms with van der Waals surface area (Å²) in [5.41, 5.74) is 0.554. The zero-order valence-electron chi connectivity index (χ0n) is 11.2. The SMILES string of the molecule is COc1cc(F)ccc1NCc1ccc(C(F)(F)F)cc1. The van der Waals surface area contributed by atoms with Gasteiger partial charge in [-0.1, -0.05) is 12.1 Å². The van der Waals surface area contributed by atoms with Crippen molar-refractivity contribution in [2.75, 3.05) is 12.4 Å². The van der Waals surface area contributed by atoms with Crippen LogP contribution in [0.25, 0.3) is 0 Å². The van der Waals surface area contributed by atoms with Gasteiger partial charge >= 0.3 is 6.18 Å². The lowest BCUT2D eigenvalue weighted by atomic mass is 10.1. The van der Waals surface area contributed by atoms with Gasteiger partial charge in [-0.05, 0) is 29.8 Å². The largest absolute Gasteiger partial charge is 0.494 e. The Morgan fingerprint density at radius 2 is 1.71 bits per heavy atom.